The van der Waals surface area contributed by atoms with Crippen LogP contribution in [0.4, 0.5) is 20.2 Å². The largest absolute Gasteiger partial charge is 0.457 e. The fourth-order valence-electron chi connectivity index (χ4n) is 3.90. The Labute approximate surface area is 212 Å². The van der Waals surface area contributed by atoms with Gasteiger partial charge < -0.3 is 14.2 Å². The van der Waals surface area contributed by atoms with Crippen molar-refractivity contribution in [3.8, 4) is 17.6 Å². The van der Waals surface area contributed by atoms with E-state index < -0.39 is 11.6 Å². The predicted molar refractivity (Wildman–Crippen MR) is 135 cm³/mol. The summed E-state index contributed by atoms with van der Waals surface area (Å²) in [5.74, 6) is 0.573. The van der Waals surface area contributed by atoms with Crippen molar-refractivity contribution in [3.63, 3.8) is 0 Å². The summed E-state index contributed by atoms with van der Waals surface area (Å²) in [6.45, 7) is 0.682. The smallest absolute Gasteiger partial charge is 0.153 e. The van der Waals surface area contributed by atoms with Crippen LogP contribution in [-0.4, -0.2) is 14.8 Å². The molecule has 0 aliphatic carbocycles. The summed E-state index contributed by atoms with van der Waals surface area (Å²) < 4.78 is 36.1. The van der Waals surface area contributed by atoms with Crippen LogP contribution in [-0.2, 0) is 13.1 Å². The number of nitrogens with zero attached hydrogens (tertiary/aromatic N) is 5. The van der Waals surface area contributed by atoms with Crippen molar-refractivity contribution in [2.75, 3.05) is 4.90 Å². The van der Waals surface area contributed by atoms with Gasteiger partial charge in [-0.2, -0.15) is 5.26 Å². The summed E-state index contributed by atoms with van der Waals surface area (Å²) in [6.07, 6.45) is 1.61. The molecule has 0 fully saturated rings. The van der Waals surface area contributed by atoms with Crippen molar-refractivity contribution in [2.45, 2.75) is 13.1 Å². The van der Waals surface area contributed by atoms with E-state index in [1.807, 2.05) is 59.2 Å². The molecule has 4 aromatic carbocycles. The van der Waals surface area contributed by atoms with Crippen LogP contribution in [0.5, 0.6) is 11.5 Å². The molecule has 0 bridgehead atoms. The van der Waals surface area contributed by atoms with Crippen LogP contribution in [0, 0.1) is 23.0 Å². The van der Waals surface area contributed by atoms with Crippen molar-refractivity contribution in [3.05, 3.63) is 132 Å². The van der Waals surface area contributed by atoms with Crippen molar-refractivity contribution < 1.29 is 13.5 Å². The van der Waals surface area contributed by atoms with E-state index in [9.17, 15) is 8.78 Å². The maximum absolute atomic E-state index is 14.2. The Morgan fingerprint density at radius 3 is 2.16 bits per heavy atom. The fraction of sp³-hybridized carbons (Fsp3) is 0.0690. The van der Waals surface area contributed by atoms with Gasteiger partial charge in [-0.15, -0.1) is 10.2 Å². The van der Waals surface area contributed by atoms with Gasteiger partial charge in [0.15, 0.2) is 5.82 Å². The summed E-state index contributed by atoms with van der Waals surface area (Å²) in [4.78, 5) is 1.76. The van der Waals surface area contributed by atoms with Crippen LogP contribution in [0.25, 0.3) is 0 Å². The summed E-state index contributed by atoms with van der Waals surface area (Å²) in [6, 6.07) is 29.4. The third-order valence-electron chi connectivity index (χ3n) is 5.72. The average molecular weight is 494 g/mol. The molecule has 0 aliphatic heterocycles. The van der Waals surface area contributed by atoms with Crippen molar-refractivity contribution in [2.24, 2.45) is 0 Å². The highest BCUT2D eigenvalue weighted by atomic mass is 19.1. The number of halogens is 2. The molecule has 5 rings (SSSR count). The van der Waals surface area contributed by atoms with Gasteiger partial charge in [-0.05, 0) is 66.2 Å². The summed E-state index contributed by atoms with van der Waals surface area (Å²) >= 11 is 0. The number of ether oxygens (including phenoxy) is 1. The lowest BCUT2D eigenvalue weighted by Gasteiger charge is -2.25. The molecular weight excluding hydrogens is 472 g/mol. The van der Waals surface area contributed by atoms with E-state index in [1.165, 1.54) is 12.1 Å². The second-order valence-electron chi connectivity index (χ2n) is 8.31. The SMILES string of the molecule is N#Cc1ccc(Cn2cnnc2CN(c2ccc(Oc3ccccc3)cc2)c2cc(F)cc(F)c2)cc1. The second kappa shape index (κ2) is 10.7. The third kappa shape index (κ3) is 5.80. The highest BCUT2D eigenvalue weighted by Crippen LogP contribution is 2.31. The molecule has 0 N–H and O–H groups in total. The Hall–Kier alpha value is -5.03. The van der Waals surface area contributed by atoms with Gasteiger partial charge in [-0.25, -0.2) is 8.78 Å². The van der Waals surface area contributed by atoms with Crippen LogP contribution >= 0.6 is 0 Å². The standard InChI is InChI=1S/C29H21F2N5O/c30-23-14-24(31)16-26(15-23)36(25-10-12-28(13-11-25)37-27-4-2-1-3-5-27)19-29-34-33-20-35(29)18-22-8-6-21(17-32)7-9-22/h1-16,20H,18-19H2. The Morgan fingerprint density at radius 1 is 0.811 bits per heavy atom. The van der Waals surface area contributed by atoms with Crippen LogP contribution < -0.4 is 9.64 Å². The minimum absolute atomic E-state index is 0.206. The molecular formula is C29H21F2N5O. The summed E-state index contributed by atoms with van der Waals surface area (Å²) in [5.41, 5.74) is 2.57. The molecule has 0 spiro atoms. The van der Waals surface area contributed by atoms with Gasteiger partial charge in [-0.3, -0.25) is 0 Å². The Morgan fingerprint density at radius 2 is 1.49 bits per heavy atom. The van der Waals surface area contributed by atoms with E-state index >= 15 is 0 Å². The van der Waals surface area contributed by atoms with Gasteiger partial charge in [-0.1, -0.05) is 30.3 Å². The molecule has 0 radical (unpaired) electrons. The second-order valence-corrected chi connectivity index (χ2v) is 8.31. The average Bonchev–Trinajstić information content (AvgIpc) is 3.35. The van der Waals surface area contributed by atoms with E-state index in [0.29, 0.717) is 40.8 Å². The number of hydrogen-bond donors (Lipinski definition) is 0. The molecule has 37 heavy (non-hydrogen) atoms. The van der Waals surface area contributed by atoms with E-state index in [4.69, 9.17) is 10.00 Å². The van der Waals surface area contributed by atoms with E-state index in [0.717, 1.165) is 11.6 Å². The normalized spacial score (nSPS) is 10.6. The van der Waals surface area contributed by atoms with Crippen molar-refractivity contribution in [1.82, 2.24) is 14.8 Å². The zero-order valence-corrected chi connectivity index (χ0v) is 19.6. The first-order valence-electron chi connectivity index (χ1n) is 11.5. The van der Waals surface area contributed by atoms with E-state index in [-0.39, 0.29) is 6.54 Å². The maximum Gasteiger partial charge on any atom is 0.153 e. The molecule has 0 aliphatic rings. The minimum atomic E-state index is -0.678. The van der Waals surface area contributed by atoms with E-state index in [1.54, 1.807) is 35.5 Å². The molecule has 0 atom stereocenters. The van der Waals surface area contributed by atoms with Gasteiger partial charge in [0, 0.05) is 17.4 Å². The number of hydrogen-bond acceptors (Lipinski definition) is 5. The van der Waals surface area contributed by atoms with E-state index in [2.05, 4.69) is 16.3 Å². The molecule has 0 saturated heterocycles. The topological polar surface area (TPSA) is 67.0 Å². The molecule has 0 amide bonds. The highest BCUT2D eigenvalue weighted by Gasteiger charge is 2.17. The molecule has 1 heterocycles. The van der Waals surface area contributed by atoms with Gasteiger partial charge >= 0.3 is 0 Å². The number of nitriles is 1. The zero-order valence-electron chi connectivity index (χ0n) is 19.6. The molecule has 0 unspecified atom stereocenters. The minimum Gasteiger partial charge on any atom is -0.457 e. The molecule has 6 nitrogen and oxygen atoms in total. The monoisotopic (exact) mass is 493 g/mol. The third-order valence-corrected chi connectivity index (χ3v) is 5.72. The molecule has 5 aromatic rings. The van der Waals surface area contributed by atoms with Crippen LogP contribution in [0.3, 0.4) is 0 Å². The zero-order chi connectivity index (χ0) is 25.6. The molecule has 1 aromatic heterocycles. The lowest BCUT2D eigenvalue weighted by atomic mass is 10.1. The number of para-hydroxylation sites is 1. The Kier molecular flexibility index (Phi) is 6.86. The molecule has 0 saturated carbocycles. The Bertz CT molecular complexity index is 1510. The number of rotatable bonds is 8. The number of benzene rings is 4. The highest BCUT2D eigenvalue weighted by molar-refractivity contribution is 5.64. The fourth-order valence-corrected chi connectivity index (χ4v) is 3.90. The van der Waals surface area contributed by atoms with Crippen LogP contribution in [0.1, 0.15) is 17.0 Å². The summed E-state index contributed by atoms with van der Waals surface area (Å²) in [7, 11) is 0. The summed E-state index contributed by atoms with van der Waals surface area (Å²) in [5, 5.41) is 17.3. The lowest BCUT2D eigenvalue weighted by Crippen LogP contribution is -2.20. The lowest BCUT2D eigenvalue weighted by molar-refractivity contribution is 0.482. The van der Waals surface area contributed by atoms with Gasteiger partial charge in [0.25, 0.3) is 0 Å². The molecule has 8 heteroatoms. The van der Waals surface area contributed by atoms with Crippen LogP contribution in [0.2, 0.25) is 0 Å². The quantitative estimate of drug-likeness (QED) is 0.243. The first-order chi connectivity index (χ1) is 18.1. The van der Waals surface area contributed by atoms with Gasteiger partial charge in [0.05, 0.1) is 24.7 Å². The number of aromatic nitrogens is 3. The molecule has 182 valence electrons. The predicted octanol–water partition coefficient (Wildman–Crippen LogP) is 6.61. The van der Waals surface area contributed by atoms with Gasteiger partial charge in [0.2, 0.25) is 0 Å². The van der Waals surface area contributed by atoms with Crippen LogP contribution in [0.15, 0.2) is 103 Å². The Balaban J connectivity index is 1.44. The van der Waals surface area contributed by atoms with Gasteiger partial charge in [0.1, 0.15) is 29.5 Å². The maximum atomic E-state index is 14.2. The first kappa shape index (κ1) is 23.7. The van der Waals surface area contributed by atoms with Crippen molar-refractivity contribution in [1.29, 1.82) is 5.26 Å². The van der Waals surface area contributed by atoms with Crippen molar-refractivity contribution >= 4 is 11.4 Å². The number of anilines is 2. The first-order valence-corrected chi connectivity index (χ1v) is 11.5.